The molecule has 3 N–H and O–H groups in total. The van der Waals surface area contributed by atoms with Crippen LogP contribution in [0.3, 0.4) is 0 Å². The second kappa shape index (κ2) is 7.59. The molecule has 1 aliphatic rings. The minimum Gasteiger partial charge on any atom is -0.387 e. The van der Waals surface area contributed by atoms with Gasteiger partial charge in [0, 0.05) is 15.2 Å². The third-order valence-electron chi connectivity index (χ3n) is 4.86. The lowest BCUT2D eigenvalue weighted by Crippen LogP contribution is -2.34. The molecule has 0 unspecified atom stereocenters. The van der Waals surface area contributed by atoms with E-state index in [1.807, 2.05) is 0 Å². The molecule has 3 heterocycles. The van der Waals surface area contributed by atoms with Crippen LogP contribution in [-0.4, -0.2) is 48.2 Å². The fourth-order valence-electron chi connectivity index (χ4n) is 3.40. The number of aliphatic hydroxyl groups is 3. The molecule has 4 rings (SSSR count). The van der Waals surface area contributed by atoms with E-state index in [1.165, 1.54) is 29.1 Å². The van der Waals surface area contributed by atoms with Crippen molar-refractivity contribution in [2.24, 2.45) is 0 Å². The normalized spacial score (nSPS) is 26.1. The van der Waals surface area contributed by atoms with Crippen molar-refractivity contribution in [3.8, 4) is 0 Å². The Hall–Kier alpha value is -1.73. The zero-order valence-electron chi connectivity index (χ0n) is 14.3. The number of fused-ring (bicyclic) bond motifs is 1. The predicted molar refractivity (Wildman–Crippen MR) is 102 cm³/mol. The van der Waals surface area contributed by atoms with Gasteiger partial charge in [0.1, 0.15) is 48.9 Å². The van der Waals surface area contributed by atoms with Crippen molar-refractivity contribution in [2.45, 2.75) is 37.3 Å². The first-order valence-electron chi connectivity index (χ1n) is 8.43. The summed E-state index contributed by atoms with van der Waals surface area (Å²) in [6, 6.07) is 5.65. The number of nitrogens with zero attached hydrogens (tertiary/aromatic N) is 3. The van der Waals surface area contributed by atoms with Gasteiger partial charge in [-0.2, -0.15) is 0 Å². The lowest BCUT2D eigenvalue weighted by atomic mass is 9.99. The highest BCUT2D eigenvalue weighted by Gasteiger charge is 2.47. The Morgan fingerprint density at radius 2 is 2.00 bits per heavy atom. The summed E-state index contributed by atoms with van der Waals surface area (Å²) in [6.07, 6.45) is -3.49. The molecule has 1 aliphatic heterocycles. The van der Waals surface area contributed by atoms with Crippen molar-refractivity contribution in [3.05, 3.63) is 57.4 Å². The minimum atomic E-state index is -1.40. The number of benzene rings is 1. The number of hydrogen-bond donors (Lipinski definition) is 3. The quantitative estimate of drug-likeness (QED) is 0.472. The summed E-state index contributed by atoms with van der Waals surface area (Å²) in [5.74, 6) is -0.426. The maximum Gasteiger partial charge on any atom is 0.164 e. The van der Waals surface area contributed by atoms with Gasteiger partial charge in [-0.25, -0.2) is 18.7 Å². The molecule has 1 fully saturated rings. The molecule has 0 saturated carbocycles. The van der Waals surface area contributed by atoms with Gasteiger partial charge in [-0.15, -0.1) is 0 Å². The van der Waals surface area contributed by atoms with Crippen LogP contribution < -0.4 is 0 Å². The van der Waals surface area contributed by atoms with Crippen LogP contribution >= 0.6 is 22.6 Å². The SMILES string of the molecule is O[C@@H]1[C@H](O)[C@@H]([C@H](O)c2ccc(F)c(I)c2)O[C@H]1n1ccc2c(CF)ncnc21. The van der Waals surface area contributed by atoms with Gasteiger partial charge in [-0.3, -0.25) is 0 Å². The van der Waals surface area contributed by atoms with Crippen molar-refractivity contribution in [1.29, 1.82) is 0 Å². The molecule has 0 bridgehead atoms. The Labute approximate surface area is 171 Å². The minimum absolute atomic E-state index is 0.203. The number of aliphatic hydroxyl groups excluding tert-OH is 3. The van der Waals surface area contributed by atoms with Crippen LogP contribution in [0.5, 0.6) is 0 Å². The van der Waals surface area contributed by atoms with E-state index < -0.39 is 43.1 Å². The zero-order valence-corrected chi connectivity index (χ0v) is 16.4. The Balaban J connectivity index is 1.65. The molecule has 2 aromatic heterocycles. The molecular formula is C18H16F2IN3O4. The van der Waals surface area contributed by atoms with Gasteiger partial charge in [0.15, 0.2) is 6.23 Å². The molecule has 0 radical (unpaired) electrons. The van der Waals surface area contributed by atoms with Gasteiger partial charge < -0.3 is 24.6 Å². The Morgan fingerprint density at radius 3 is 2.71 bits per heavy atom. The summed E-state index contributed by atoms with van der Waals surface area (Å²) in [7, 11) is 0. The van der Waals surface area contributed by atoms with Gasteiger partial charge in [0.2, 0.25) is 0 Å². The van der Waals surface area contributed by atoms with Crippen LogP contribution in [0.2, 0.25) is 0 Å². The molecule has 7 nitrogen and oxygen atoms in total. The molecule has 1 aromatic carbocycles. The maximum atomic E-state index is 13.5. The third kappa shape index (κ3) is 3.18. The molecule has 5 atom stereocenters. The first-order valence-corrected chi connectivity index (χ1v) is 9.51. The van der Waals surface area contributed by atoms with Gasteiger partial charge in [0.05, 0.1) is 5.69 Å². The number of aromatic nitrogens is 3. The standard InChI is InChI=1S/C18H16F2IN3O4/c19-6-12-9-3-4-24(17(9)23-7-22-12)18-15(27)14(26)16(28-18)13(25)8-1-2-10(20)11(21)5-8/h1-5,7,13-16,18,25-27H,6H2/t13-,14+,15-,16-,18-/m1/s1. The lowest BCUT2D eigenvalue weighted by Gasteiger charge is -2.21. The predicted octanol–water partition coefficient (Wildman–Crippen LogP) is 2.00. The zero-order chi connectivity index (χ0) is 20.0. The molecule has 148 valence electrons. The van der Waals surface area contributed by atoms with E-state index >= 15 is 0 Å². The average Bonchev–Trinajstić information content (AvgIpc) is 3.25. The summed E-state index contributed by atoms with van der Waals surface area (Å²) in [6.45, 7) is -0.774. The van der Waals surface area contributed by atoms with E-state index in [2.05, 4.69) is 9.97 Å². The molecular weight excluding hydrogens is 487 g/mol. The van der Waals surface area contributed by atoms with E-state index in [1.54, 1.807) is 34.9 Å². The summed E-state index contributed by atoms with van der Waals surface area (Å²) < 4.78 is 34.1. The average molecular weight is 503 g/mol. The highest BCUT2D eigenvalue weighted by Crippen LogP contribution is 2.38. The molecule has 0 aliphatic carbocycles. The molecule has 10 heteroatoms. The number of ether oxygens (including phenoxy) is 1. The monoisotopic (exact) mass is 503 g/mol. The smallest absolute Gasteiger partial charge is 0.164 e. The van der Waals surface area contributed by atoms with Crippen molar-refractivity contribution in [2.75, 3.05) is 0 Å². The maximum absolute atomic E-state index is 13.5. The number of hydrogen-bond acceptors (Lipinski definition) is 6. The first kappa shape index (κ1) is 19.6. The lowest BCUT2D eigenvalue weighted by molar-refractivity contribution is -0.0848. The van der Waals surface area contributed by atoms with Crippen LogP contribution in [0.25, 0.3) is 11.0 Å². The Kier molecular flexibility index (Phi) is 5.31. The van der Waals surface area contributed by atoms with Gasteiger partial charge in [-0.1, -0.05) is 6.07 Å². The van der Waals surface area contributed by atoms with Gasteiger partial charge in [0.25, 0.3) is 0 Å². The van der Waals surface area contributed by atoms with Gasteiger partial charge in [-0.05, 0) is 46.4 Å². The van der Waals surface area contributed by atoms with Crippen molar-refractivity contribution in [3.63, 3.8) is 0 Å². The van der Waals surface area contributed by atoms with Gasteiger partial charge >= 0.3 is 0 Å². The number of halogens is 3. The highest BCUT2D eigenvalue weighted by molar-refractivity contribution is 14.1. The summed E-state index contributed by atoms with van der Waals surface area (Å²) in [4.78, 5) is 7.98. The van der Waals surface area contributed by atoms with Crippen molar-refractivity contribution >= 4 is 33.6 Å². The summed E-state index contributed by atoms with van der Waals surface area (Å²) in [5.41, 5.74) is 0.890. The van der Waals surface area contributed by atoms with Crippen LogP contribution in [-0.2, 0) is 11.4 Å². The fourth-order valence-corrected chi connectivity index (χ4v) is 3.94. The molecule has 0 spiro atoms. The van der Waals surface area contributed by atoms with Crippen LogP contribution in [0, 0.1) is 9.39 Å². The second-order valence-electron chi connectivity index (χ2n) is 6.51. The van der Waals surface area contributed by atoms with E-state index in [0.29, 0.717) is 20.2 Å². The van der Waals surface area contributed by atoms with E-state index in [-0.39, 0.29) is 5.69 Å². The van der Waals surface area contributed by atoms with Crippen LogP contribution in [0.4, 0.5) is 8.78 Å². The number of rotatable bonds is 4. The summed E-state index contributed by atoms with van der Waals surface area (Å²) >= 11 is 1.80. The third-order valence-corrected chi connectivity index (χ3v) is 5.69. The van der Waals surface area contributed by atoms with Crippen LogP contribution in [0.15, 0.2) is 36.8 Å². The Morgan fingerprint density at radius 1 is 1.21 bits per heavy atom. The van der Waals surface area contributed by atoms with Crippen LogP contribution in [0.1, 0.15) is 23.6 Å². The fraction of sp³-hybridized carbons (Fsp3) is 0.333. The molecule has 28 heavy (non-hydrogen) atoms. The highest BCUT2D eigenvalue weighted by atomic mass is 127. The van der Waals surface area contributed by atoms with Crippen molar-refractivity contribution in [1.82, 2.24) is 14.5 Å². The largest absolute Gasteiger partial charge is 0.387 e. The van der Waals surface area contributed by atoms with Crippen molar-refractivity contribution < 1.29 is 28.8 Å². The first-order chi connectivity index (χ1) is 13.4. The van der Waals surface area contributed by atoms with E-state index in [0.717, 1.165) is 0 Å². The molecule has 1 saturated heterocycles. The van der Waals surface area contributed by atoms with E-state index in [9.17, 15) is 24.1 Å². The topological polar surface area (TPSA) is 101 Å². The number of alkyl halides is 1. The van der Waals surface area contributed by atoms with E-state index in [4.69, 9.17) is 4.74 Å². The molecule has 3 aromatic rings. The summed E-state index contributed by atoms with van der Waals surface area (Å²) in [5, 5.41) is 32.0. The second-order valence-corrected chi connectivity index (χ2v) is 7.67. The Bertz CT molecular complexity index is 1020. The molecule has 0 amide bonds.